The number of carbonyl (C=O) groups excluding carboxylic acids is 1. The number of aromatic nitrogens is 4. The number of anilines is 1. The predicted molar refractivity (Wildman–Crippen MR) is 155 cm³/mol. The fourth-order valence-corrected chi connectivity index (χ4v) is 5.03. The maximum absolute atomic E-state index is 13.9. The van der Waals surface area contributed by atoms with Crippen LogP contribution in [0.5, 0.6) is 0 Å². The lowest BCUT2D eigenvalue weighted by atomic mass is 10.1. The molecule has 1 atom stereocenters. The number of carboxylic acids is 1. The molecule has 13 heteroatoms. The van der Waals surface area contributed by atoms with Crippen molar-refractivity contribution in [2.75, 3.05) is 18.0 Å². The highest BCUT2D eigenvalue weighted by Crippen LogP contribution is 2.24. The molecule has 1 fully saturated rings. The fraction of sp³-hybridized carbons (Fsp3) is 0.464. The van der Waals surface area contributed by atoms with Crippen molar-refractivity contribution in [3.8, 4) is 11.8 Å². The Balaban J connectivity index is 1.79. The summed E-state index contributed by atoms with van der Waals surface area (Å²) in [5.74, 6) is 5.04. The average molecular weight is 585 g/mol. The average Bonchev–Trinajstić information content (AvgIpc) is 3.28. The molecule has 0 radical (unpaired) electrons. The fourth-order valence-electron chi connectivity index (χ4n) is 4.86. The van der Waals surface area contributed by atoms with Gasteiger partial charge in [-0.05, 0) is 58.2 Å². The van der Waals surface area contributed by atoms with Gasteiger partial charge in [-0.1, -0.05) is 23.6 Å². The zero-order chi connectivity index (χ0) is 30.1. The molecule has 2 N–H and O–H groups in total. The van der Waals surface area contributed by atoms with E-state index in [1.807, 2.05) is 4.90 Å². The Morgan fingerprint density at radius 3 is 2.63 bits per heavy atom. The van der Waals surface area contributed by atoms with E-state index in [0.29, 0.717) is 19.0 Å². The van der Waals surface area contributed by atoms with Crippen LogP contribution in [0.4, 0.5) is 10.7 Å². The number of ether oxygens (including phenoxy) is 1. The molecule has 0 aliphatic carbocycles. The van der Waals surface area contributed by atoms with Crippen molar-refractivity contribution >= 4 is 40.8 Å². The minimum absolute atomic E-state index is 0.102. The first-order valence-corrected chi connectivity index (χ1v) is 13.5. The molecule has 218 valence electrons. The molecule has 0 spiro atoms. The third-order valence-electron chi connectivity index (χ3n) is 6.68. The van der Waals surface area contributed by atoms with E-state index in [9.17, 15) is 24.3 Å². The van der Waals surface area contributed by atoms with Crippen molar-refractivity contribution in [2.45, 2.75) is 65.3 Å². The maximum atomic E-state index is 13.9. The Morgan fingerprint density at radius 2 is 1.98 bits per heavy atom. The van der Waals surface area contributed by atoms with Crippen LogP contribution in [-0.4, -0.2) is 60.6 Å². The van der Waals surface area contributed by atoms with E-state index in [1.54, 1.807) is 32.3 Å². The lowest BCUT2D eigenvalue weighted by Gasteiger charge is -2.34. The van der Waals surface area contributed by atoms with E-state index in [0.717, 1.165) is 17.4 Å². The van der Waals surface area contributed by atoms with Crippen LogP contribution in [0.1, 0.15) is 56.5 Å². The molecule has 1 aliphatic heterocycles. The number of aromatic carboxylic acids is 1. The number of piperidine rings is 1. The van der Waals surface area contributed by atoms with E-state index in [1.165, 1.54) is 29.8 Å². The molecule has 3 aromatic rings. The van der Waals surface area contributed by atoms with Crippen molar-refractivity contribution in [1.29, 1.82) is 0 Å². The first-order chi connectivity index (χ1) is 19.3. The summed E-state index contributed by atoms with van der Waals surface area (Å²) < 4.78 is 9.33. The molecule has 41 heavy (non-hydrogen) atoms. The second-order valence-electron chi connectivity index (χ2n) is 10.9. The highest BCUT2D eigenvalue weighted by Gasteiger charge is 2.29. The number of nitrogens with zero attached hydrogens (tertiary/aromatic N) is 5. The molecule has 3 heterocycles. The number of nitrogens with one attached hydrogen (secondary N) is 1. The highest BCUT2D eigenvalue weighted by atomic mass is 35.5. The topological polar surface area (TPSA) is 141 Å². The van der Waals surface area contributed by atoms with Gasteiger partial charge in [0.25, 0.3) is 5.56 Å². The molecular formula is C28H33ClN6O6. The monoisotopic (exact) mass is 584 g/mol. The van der Waals surface area contributed by atoms with E-state index < -0.39 is 28.9 Å². The number of carboxylic acid groups (broad SMARTS) is 1. The van der Waals surface area contributed by atoms with Gasteiger partial charge in [0.2, 0.25) is 5.95 Å². The molecular weight excluding hydrogens is 552 g/mol. The summed E-state index contributed by atoms with van der Waals surface area (Å²) in [6.45, 7) is 7.96. The van der Waals surface area contributed by atoms with Gasteiger partial charge in [-0.3, -0.25) is 18.5 Å². The van der Waals surface area contributed by atoms with Gasteiger partial charge in [-0.15, -0.1) is 5.92 Å². The number of imidazole rings is 1. The smallest absolute Gasteiger partial charge is 0.407 e. The zero-order valence-electron chi connectivity index (χ0n) is 23.7. The molecule has 0 unspecified atom stereocenters. The van der Waals surface area contributed by atoms with Crippen molar-refractivity contribution in [2.24, 2.45) is 7.05 Å². The summed E-state index contributed by atoms with van der Waals surface area (Å²) in [7, 11) is 1.51. The summed E-state index contributed by atoms with van der Waals surface area (Å²) in [4.78, 5) is 58.1. The van der Waals surface area contributed by atoms with Crippen LogP contribution >= 0.6 is 11.6 Å². The predicted octanol–water partition coefficient (Wildman–Crippen LogP) is 2.81. The third-order valence-corrected chi connectivity index (χ3v) is 6.92. The number of amides is 1. The molecule has 12 nitrogen and oxygen atoms in total. The Kier molecular flexibility index (Phi) is 8.49. The van der Waals surface area contributed by atoms with Gasteiger partial charge in [0, 0.05) is 31.2 Å². The summed E-state index contributed by atoms with van der Waals surface area (Å²) in [6, 6.07) is 4.06. The molecule has 4 rings (SSSR count). The number of hydrogen-bond donors (Lipinski definition) is 2. The van der Waals surface area contributed by atoms with Crippen LogP contribution in [0.3, 0.4) is 0 Å². The number of fused-ring (bicyclic) bond motifs is 1. The van der Waals surface area contributed by atoms with Crippen LogP contribution < -0.4 is 21.5 Å². The standard InChI is InChI=1S/C28H33ClN6O6/c1-6-7-13-34-21-22(31-25(34)33-12-8-9-19(16-33)30-26(39)41-28(2,3)4)32(5)27(40)35(23(21)36)15-17-10-11-18(29)14-20(17)24(37)38/h10-11,14,19H,8-9,12-13,15-16H2,1-5H3,(H,30,39)(H,37,38)/t19-/m0/s1. The number of halogens is 1. The number of rotatable bonds is 6. The van der Waals surface area contributed by atoms with Crippen LogP contribution in [0.25, 0.3) is 11.2 Å². The third kappa shape index (κ3) is 6.41. The maximum Gasteiger partial charge on any atom is 0.407 e. The molecule has 1 saturated heterocycles. The van der Waals surface area contributed by atoms with Crippen molar-refractivity contribution in [3.05, 3.63) is 55.2 Å². The second-order valence-corrected chi connectivity index (χ2v) is 11.3. The van der Waals surface area contributed by atoms with Crippen molar-refractivity contribution < 1.29 is 19.4 Å². The normalized spacial score (nSPS) is 15.4. The van der Waals surface area contributed by atoms with Gasteiger partial charge in [0.05, 0.1) is 18.7 Å². The van der Waals surface area contributed by atoms with Gasteiger partial charge >= 0.3 is 17.8 Å². The summed E-state index contributed by atoms with van der Waals surface area (Å²) in [5, 5.41) is 12.8. The lowest BCUT2D eigenvalue weighted by Crippen LogP contribution is -2.49. The van der Waals surface area contributed by atoms with Gasteiger partial charge in [0.15, 0.2) is 11.2 Å². The SMILES string of the molecule is CC#CCn1c(N2CCC[C@H](NC(=O)OC(C)(C)C)C2)nc2c1c(=O)n(Cc1ccc(Cl)cc1C(=O)O)c(=O)n2C. The quantitative estimate of drug-likeness (QED) is 0.421. The molecule has 0 saturated carbocycles. The molecule has 1 amide bonds. The van der Waals surface area contributed by atoms with E-state index in [4.69, 9.17) is 21.3 Å². The Labute approximate surface area is 241 Å². The number of carbonyl (C=O) groups is 2. The van der Waals surface area contributed by atoms with Crippen molar-refractivity contribution in [3.63, 3.8) is 0 Å². The van der Waals surface area contributed by atoms with Crippen LogP contribution in [0.2, 0.25) is 5.02 Å². The Morgan fingerprint density at radius 1 is 1.24 bits per heavy atom. The highest BCUT2D eigenvalue weighted by molar-refractivity contribution is 6.31. The van der Waals surface area contributed by atoms with Crippen LogP contribution in [0.15, 0.2) is 27.8 Å². The largest absolute Gasteiger partial charge is 0.478 e. The Hall–Kier alpha value is -4.24. The van der Waals surface area contributed by atoms with E-state index in [-0.39, 0.29) is 46.4 Å². The number of aryl methyl sites for hydroxylation is 1. The number of alkyl carbamates (subject to hydrolysis) is 1. The summed E-state index contributed by atoms with van der Waals surface area (Å²) in [5.41, 5.74) is -1.39. The van der Waals surface area contributed by atoms with Gasteiger partial charge in [0.1, 0.15) is 5.60 Å². The Bertz CT molecular complexity index is 1690. The van der Waals surface area contributed by atoms with Crippen LogP contribution in [-0.2, 0) is 24.9 Å². The molecule has 0 bridgehead atoms. The number of hydrogen-bond acceptors (Lipinski definition) is 7. The lowest BCUT2D eigenvalue weighted by molar-refractivity contribution is 0.0499. The van der Waals surface area contributed by atoms with Gasteiger partial charge < -0.3 is 20.1 Å². The minimum Gasteiger partial charge on any atom is -0.478 e. The first-order valence-electron chi connectivity index (χ1n) is 13.2. The van der Waals surface area contributed by atoms with Crippen LogP contribution in [0, 0.1) is 11.8 Å². The summed E-state index contributed by atoms with van der Waals surface area (Å²) >= 11 is 5.98. The minimum atomic E-state index is -1.22. The van der Waals surface area contributed by atoms with E-state index >= 15 is 0 Å². The van der Waals surface area contributed by atoms with Gasteiger partial charge in [-0.25, -0.2) is 14.4 Å². The number of benzene rings is 1. The van der Waals surface area contributed by atoms with Crippen molar-refractivity contribution in [1.82, 2.24) is 24.0 Å². The first kappa shape index (κ1) is 29.7. The molecule has 1 aromatic carbocycles. The van der Waals surface area contributed by atoms with Gasteiger partial charge in [-0.2, -0.15) is 4.98 Å². The zero-order valence-corrected chi connectivity index (χ0v) is 24.4. The molecule has 1 aliphatic rings. The second kappa shape index (κ2) is 11.7. The molecule has 2 aromatic heterocycles. The van der Waals surface area contributed by atoms with E-state index in [2.05, 4.69) is 17.2 Å². The summed E-state index contributed by atoms with van der Waals surface area (Å²) in [6.07, 6.45) is 0.979.